The topological polar surface area (TPSA) is 41.8 Å². The number of ether oxygens (including phenoxy) is 1. The highest BCUT2D eigenvalue weighted by Gasteiger charge is 2.11. The van der Waals surface area contributed by atoms with Crippen LogP contribution in [0.3, 0.4) is 0 Å². The summed E-state index contributed by atoms with van der Waals surface area (Å²) in [5.41, 5.74) is 0.880. The summed E-state index contributed by atoms with van der Waals surface area (Å²) in [6, 6.07) is 8.35. The molecule has 110 valence electrons. The van der Waals surface area contributed by atoms with Crippen LogP contribution in [0.1, 0.15) is 18.1 Å². The minimum Gasteiger partial charge on any atom is -0.488 e. The van der Waals surface area contributed by atoms with Gasteiger partial charge in [-0.15, -0.1) is 0 Å². The molecule has 2 rings (SSSR count). The summed E-state index contributed by atoms with van der Waals surface area (Å²) in [5.74, 6) is -0.561. The van der Waals surface area contributed by atoms with Crippen LogP contribution in [0.15, 0.2) is 46.0 Å². The van der Waals surface area contributed by atoms with Gasteiger partial charge in [-0.3, -0.25) is 0 Å². The van der Waals surface area contributed by atoms with Crippen LogP contribution in [0.4, 0.5) is 8.78 Å². The highest BCUT2D eigenvalue weighted by molar-refractivity contribution is 9.10. The second kappa shape index (κ2) is 6.67. The fraction of sp³-hybridized carbons (Fsp3) is 0.133. The number of oxime groups is 1. The van der Waals surface area contributed by atoms with Crippen LogP contribution in [0.2, 0.25) is 0 Å². The van der Waals surface area contributed by atoms with Crippen molar-refractivity contribution in [3.63, 3.8) is 0 Å². The molecule has 0 fully saturated rings. The second-order valence-electron chi connectivity index (χ2n) is 4.35. The van der Waals surface area contributed by atoms with Crippen molar-refractivity contribution in [2.24, 2.45) is 5.16 Å². The summed E-state index contributed by atoms with van der Waals surface area (Å²) in [6.45, 7) is 1.49. The molecular weight excluding hydrogens is 344 g/mol. The molecule has 0 aliphatic heterocycles. The SMILES string of the molecule is C/C(=N/O)c1cc(F)ccc1OCc1cc(Br)ccc1F. The average molecular weight is 356 g/mol. The molecule has 0 amide bonds. The van der Waals surface area contributed by atoms with E-state index in [0.717, 1.165) is 4.47 Å². The predicted octanol–water partition coefficient (Wildman–Crippen LogP) is 4.50. The molecule has 0 bridgehead atoms. The lowest BCUT2D eigenvalue weighted by molar-refractivity contribution is 0.297. The minimum absolute atomic E-state index is 0.0252. The van der Waals surface area contributed by atoms with Crippen molar-refractivity contribution in [3.8, 4) is 5.75 Å². The smallest absolute Gasteiger partial charge is 0.129 e. The Labute approximate surface area is 129 Å². The molecule has 0 heterocycles. The standard InChI is InChI=1S/C15H12BrF2NO2/c1-9(19-20)13-7-12(17)3-5-15(13)21-8-10-6-11(16)2-4-14(10)18/h2-7,20H,8H2,1H3/b19-9-. The lowest BCUT2D eigenvalue weighted by Crippen LogP contribution is -2.04. The Hall–Kier alpha value is -1.95. The van der Waals surface area contributed by atoms with Crippen LogP contribution in [0.5, 0.6) is 5.75 Å². The number of hydrogen-bond donors (Lipinski definition) is 1. The first-order valence-corrected chi connectivity index (χ1v) is 6.86. The Kier molecular flexibility index (Phi) is 4.90. The van der Waals surface area contributed by atoms with E-state index in [1.807, 2.05) is 0 Å². The maximum Gasteiger partial charge on any atom is 0.129 e. The molecule has 21 heavy (non-hydrogen) atoms. The van der Waals surface area contributed by atoms with E-state index in [1.165, 1.54) is 31.2 Å². The normalized spacial score (nSPS) is 11.5. The molecule has 2 aromatic rings. The number of hydrogen-bond acceptors (Lipinski definition) is 3. The fourth-order valence-electron chi connectivity index (χ4n) is 1.77. The molecule has 3 nitrogen and oxygen atoms in total. The van der Waals surface area contributed by atoms with Gasteiger partial charge in [0, 0.05) is 15.6 Å². The third-order valence-electron chi connectivity index (χ3n) is 2.87. The van der Waals surface area contributed by atoms with E-state index in [9.17, 15) is 8.78 Å². The molecule has 0 aliphatic rings. The van der Waals surface area contributed by atoms with Crippen molar-refractivity contribution in [1.29, 1.82) is 0 Å². The molecule has 0 spiro atoms. The third-order valence-corrected chi connectivity index (χ3v) is 3.37. The van der Waals surface area contributed by atoms with E-state index in [-0.39, 0.29) is 12.3 Å². The van der Waals surface area contributed by atoms with Gasteiger partial charge in [-0.2, -0.15) is 0 Å². The largest absolute Gasteiger partial charge is 0.488 e. The van der Waals surface area contributed by atoms with E-state index in [1.54, 1.807) is 12.1 Å². The van der Waals surface area contributed by atoms with Gasteiger partial charge in [0.05, 0.1) is 5.71 Å². The van der Waals surface area contributed by atoms with Gasteiger partial charge in [0.15, 0.2) is 0 Å². The van der Waals surface area contributed by atoms with Crippen LogP contribution >= 0.6 is 15.9 Å². The Morgan fingerprint density at radius 1 is 1.24 bits per heavy atom. The summed E-state index contributed by atoms with van der Waals surface area (Å²) >= 11 is 3.26. The zero-order chi connectivity index (χ0) is 15.4. The maximum atomic E-state index is 13.6. The van der Waals surface area contributed by atoms with Crippen molar-refractivity contribution in [1.82, 2.24) is 0 Å². The van der Waals surface area contributed by atoms with E-state index >= 15 is 0 Å². The lowest BCUT2D eigenvalue weighted by Gasteiger charge is -2.11. The first kappa shape index (κ1) is 15.4. The molecule has 0 radical (unpaired) electrons. The summed E-state index contributed by atoms with van der Waals surface area (Å²) in [6.07, 6.45) is 0. The van der Waals surface area contributed by atoms with Gasteiger partial charge < -0.3 is 9.94 Å². The van der Waals surface area contributed by atoms with Crippen molar-refractivity contribution >= 4 is 21.6 Å². The van der Waals surface area contributed by atoms with Crippen molar-refractivity contribution in [2.45, 2.75) is 13.5 Å². The summed E-state index contributed by atoms with van der Waals surface area (Å²) < 4.78 is 33.2. The van der Waals surface area contributed by atoms with E-state index in [0.29, 0.717) is 16.9 Å². The third kappa shape index (κ3) is 3.78. The van der Waals surface area contributed by atoms with Crippen LogP contribution < -0.4 is 4.74 Å². The fourth-order valence-corrected chi connectivity index (χ4v) is 2.18. The van der Waals surface area contributed by atoms with Gasteiger partial charge in [0.2, 0.25) is 0 Å². The molecule has 6 heteroatoms. The Balaban J connectivity index is 2.26. The Bertz CT molecular complexity index is 689. The monoisotopic (exact) mass is 355 g/mol. The van der Waals surface area contributed by atoms with Crippen molar-refractivity contribution < 1.29 is 18.7 Å². The van der Waals surface area contributed by atoms with E-state index in [2.05, 4.69) is 21.1 Å². The number of halogens is 3. The maximum absolute atomic E-state index is 13.6. The molecule has 0 aliphatic carbocycles. The molecule has 0 atom stereocenters. The number of benzene rings is 2. The van der Waals surface area contributed by atoms with Gasteiger partial charge in [-0.05, 0) is 43.3 Å². The zero-order valence-electron chi connectivity index (χ0n) is 11.1. The summed E-state index contributed by atoms with van der Waals surface area (Å²) in [4.78, 5) is 0. The van der Waals surface area contributed by atoms with Crippen molar-refractivity contribution in [3.05, 3.63) is 63.6 Å². The lowest BCUT2D eigenvalue weighted by atomic mass is 10.1. The molecule has 1 N–H and O–H groups in total. The van der Waals surface area contributed by atoms with E-state index < -0.39 is 11.6 Å². The molecule has 0 saturated heterocycles. The van der Waals surface area contributed by atoms with Gasteiger partial charge in [-0.1, -0.05) is 21.1 Å². The molecule has 0 unspecified atom stereocenters. The van der Waals surface area contributed by atoms with Crippen LogP contribution in [-0.4, -0.2) is 10.9 Å². The first-order valence-electron chi connectivity index (χ1n) is 6.06. The zero-order valence-corrected chi connectivity index (χ0v) is 12.7. The van der Waals surface area contributed by atoms with E-state index in [4.69, 9.17) is 9.94 Å². The second-order valence-corrected chi connectivity index (χ2v) is 5.27. The van der Waals surface area contributed by atoms with Crippen molar-refractivity contribution in [2.75, 3.05) is 0 Å². The minimum atomic E-state index is -0.478. The quantitative estimate of drug-likeness (QED) is 0.498. The summed E-state index contributed by atoms with van der Waals surface area (Å²) in [7, 11) is 0. The van der Waals surface area contributed by atoms with Gasteiger partial charge >= 0.3 is 0 Å². The average Bonchev–Trinajstić information content (AvgIpc) is 2.48. The molecule has 0 aromatic heterocycles. The summed E-state index contributed by atoms with van der Waals surface area (Å²) in [5, 5.41) is 11.8. The Morgan fingerprint density at radius 3 is 2.71 bits per heavy atom. The number of rotatable bonds is 4. The van der Waals surface area contributed by atoms with Gasteiger partial charge in [0.1, 0.15) is 24.0 Å². The molecule has 0 saturated carbocycles. The highest BCUT2D eigenvalue weighted by Crippen LogP contribution is 2.23. The first-order chi connectivity index (χ1) is 10.0. The van der Waals surface area contributed by atoms with Crippen LogP contribution in [0.25, 0.3) is 0 Å². The number of nitrogens with zero attached hydrogens (tertiary/aromatic N) is 1. The molecular formula is C15H12BrF2NO2. The van der Waals surface area contributed by atoms with Crippen LogP contribution in [0, 0.1) is 11.6 Å². The van der Waals surface area contributed by atoms with Gasteiger partial charge in [-0.25, -0.2) is 8.78 Å². The van der Waals surface area contributed by atoms with Crippen LogP contribution in [-0.2, 0) is 6.61 Å². The van der Waals surface area contributed by atoms with Gasteiger partial charge in [0.25, 0.3) is 0 Å². The Morgan fingerprint density at radius 2 is 2.00 bits per heavy atom. The molecule has 2 aromatic carbocycles. The predicted molar refractivity (Wildman–Crippen MR) is 78.8 cm³/mol. The highest BCUT2D eigenvalue weighted by atomic mass is 79.9.